The first-order valence-corrected chi connectivity index (χ1v) is 6.58. The number of ether oxygens (including phenoxy) is 1. The molecular weight excluding hydrogens is 234 g/mol. The first-order valence-electron chi connectivity index (χ1n) is 6.58. The third kappa shape index (κ3) is 4.91. The molecular formula is C12H23N3O3. The second-order valence-corrected chi connectivity index (χ2v) is 4.42. The van der Waals surface area contributed by atoms with Crippen LogP contribution in [-0.2, 0) is 9.53 Å². The Hall–Kier alpha value is -1.30. The van der Waals surface area contributed by atoms with Crippen molar-refractivity contribution in [3.05, 3.63) is 0 Å². The first-order chi connectivity index (χ1) is 8.67. The Morgan fingerprint density at radius 3 is 2.61 bits per heavy atom. The molecule has 0 aromatic heterocycles. The van der Waals surface area contributed by atoms with Gasteiger partial charge in [0.25, 0.3) is 0 Å². The lowest BCUT2D eigenvalue weighted by atomic mass is 10.1. The fourth-order valence-electron chi connectivity index (χ4n) is 1.98. The SMILES string of the molecule is CCOC(=O)N1CCC(NC(=O)CCCN)CC1. The van der Waals surface area contributed by atoms with Crippen molar-refractivity contribution in [1.29, 1.82) is 0 Å². The van der Waals surface area contributed by atoms with Gasteiger partial charge < -0.3 is 20.7 Å². The number of piperidine rings is 1. The van der Waals surface area contributed by atoms with Crippen molar-refractivity contribution in [3.8, 4) is 0 Å². The number of hydrogen-bond donors (Lipinski definition) is 2. The molecule has 104 valence electrons. The normalized spacial score (nSPS) is 16.4. The molecule has 0 atom stereocenters. The molecule has 0 radical (unpaired) electrons. The summed E-state index contributed by atoms with van der Waals surface area (Å²) in [6.07, 6.45) is 2.51. The third-order valence-corrected chi connectivity index (χ3v) is 2.99. The minimum absolute atomic E-state index is 0.0510. The van der Waals surface area contributed by atoms with Gasteiger partial charge in [0.05, 0.1) is 6.61 Å². The average Bonchev–Trinajstić information content (AvgIpc) is 2.37. The van der Waals surface area contributed by atoms with Gasteiger partial charge in [-0.3, -0.25) is 4.79 Å². The predicted octanol–water partition coefficient (Wildman–Crippen LogP) is 0.462. The maximum atomic E-state index is 11.5. The van der Waals surface area contributed by atoms with Crippen molar-refractivity contribution in [2.24, 2.45) is 5.73 Å². The summed E-state index contributed by atoms with van der Waals surface area (Å²) < 4.78 is 4.94. The van der Waals surface area contributed by atoms with Crippen molar-refractivity contribution in [2.45, 2.75) is 38.6 Å². The Labute approximate surface area is 108 Å². The van der Waals surface area contributed by atoms with E-state index in [-0.39, 0.29) is 18.0 Å². The van der Waals surface area contributed by atoms with E-state index < -0.39 is 0 Å². The molecule has 1 saturated heterocycles. The van der Waals surface area contributed by atoms with Crippen molar-refractivity contribution >= 4 is 12.0 Å². The van der Waals surface area contributed by atoms with E-state index >= 15 is 0 Å². The average molecular weight is 257 g/mol. The predicted molar refractivity (Wildman–Crippen MR) is 68.0 cm³/mol. The summed E-state index contributed by atoms with van der Waals surface area (Å²) in [4.78, 5) is 24.7. The number of nitrogens with zero attached hydrogens (tertiary/aromatic N) is 1. The molecule has 1 fully saturated rings. The fraction of sp³-hybridized carbons (Fsp3) is 0.833. The largest absolute Gasteiger partial charge is 0.450 e. The number of likely N-dealkylation sites (tertiary alicyclic amines) is 1. The summed E-state index contributed by atoms with van der Waals surface area (Å²) >= 11 is 0. The van der Waals surface area contributed by atoms with E-state index in [0.717, 1.165) is 12.8 Å². The van der Waals surface area contributed by atoms with Crippen molar-refractivity contribution in [2.75, 3.05) is 26.2 Å². The van der Waals surface area contributed by atoms with Crippen molar-refractivity contribution in [1.82, 2.24) is 10.2 Å². The van der Waals surface area contributed by atoms with Crippen LogP contribution in [0.3, 0.4) is 0 Å². The summed E-state index contributed by atoms with van der Waals surface area (Å²) in [6.45, 7) is 4.01. The smallest absolute Gasteiger partial charge is 0.409 e. The van der Waals surface area contributed by atoms with Crippen LogP contribution in [0.5, 0.6) is 0 Å². The monoisotopic (exact) mass is 257 g/mol. The maximum absolute atomic E-state index is 11.5. The number of nitrogens with one attached hydrogen (secondary N) is 1. The van der Waals surface area contributed by atoms with E-state index in [1.807, 2.05) is 0 Å². The highest BCUT2D eigenvalue weighted by Gasteiger charge is 2.24. The number of amides is 2. The van der Waals surface area contributed by atoms with Gasteiger partial charge in [0.15, 0.2) is 0 Å². The summed E-state index contributed by atoms with van der Waals surface area (Å²) in [5, 5.41) is 2.97. The Bertz CT molecular complexity index is 276. The molecule has 3 N–H and O–H groups in total. The van der Waals surface area contributed by atoms with Crippen LogP contribution in [-0.4, -0.2) is 49.2 Å². The minimum Gasteiger partial charge on any atom is -0.450 e. The summed E-state index contributed by atoms with van der Waals surface area (Å²) in [6, 6.07) is 0.168. The van der Waals surface area contributed by atoms with Crippen LogP contribution in [0.2, 0.25) is 0 Å². The van der Waals surface area contributed by atoms with Gasteiger partial charge in [-0.05, 0) is 32.7 Å². The van der Waals surface area contributed by atoms with Gasteiger partial charge in [-0.15, -0.1) is 0 Å². The van der Waals surface area contributed by atoms with E-state index in [4.69, 9.17) is 10.5 Å². The van der Waals surface area contributed by atoms with E-state index in [1.165, 1.54) is 0 Å². The second kappa shape index (κ2) is 7.92. The molecule has 0 spiro atoms. The van der Waals surface area contributed by atoms with Crippen LogP contribution in [0.1, 0.15) is 32.6 Å². The lowest BCUT2D eigenvalue weighted by Gasteiger charge is -2.31. The molecule has 0 saturated carbocycles. The Morgan fingerprint density at radius 2 is 2.06 bits per heavy atom. The molecule has 0 bridgehead atoms. The maximum Gasteiger partial charge on any atom is 0.409 e. The van der Waals surface area contributed by atoms with Gasteiger partial charge in [0.1, 0.15) is 0 Å². The van der Waals surface area contributed by atoms with Crippen molar-refractivity contribution in [3.63, 3.8) is 0 Å². The van der Waals surface area contributed by atoms with E-state index in [0.29, 0.717) is 39.1 Å². The zero-order valence-corrected chi connectivity index (χ0v) is 11.0. The molecule has 6 heteroatoms. The van der Waals surface area contributed by atoms with Gasteiger partial charge in [0, 0.05) is 25.6 Å². The van der Waals surface area contributed by atoms with Crippen LogP contribution in [0.4, 0.5) is 4.79 Å². The quantitative estimate of drug-likeness (QED) is 0.749. The highest BCUT2D eigenvalue weighted by molar-refractivity contribution is 5.76. The molecule has 1 heterocycles. The molecule has 0 aromatic rings. The molecule has 18 heavy (non-hydrogen) atoms. The van der Waals surface area contributed by atoms with Crippen LogP contribution < -0.4 is 11.1 Å². The minimum atomic E-state index is -0.259. The molecule has 0 aliphatic carbocycles. The molecule has 1 aliphatic rings. The van der Waals surface area contributed by atoms with Crippen LogP contribution in [0.15, 0.2) is 0 Å². The van der Waals surface area contributed by atoms with Gasteiger partial charge in [-0.2, -0.15) is 0 Å². The Kier molecular flexibility index (Phi) is 6.49. The topological polar surface area (TPSA) is 84.7 Å². The summed E-state index contributed by atoms with van der Waals surface area (Å²) in [7, 11) is 0. The van der Waals surface area contributed by atoms with Gasteiger partial charge in [-0.25, -0.2) is 4.79 Å². The van der Waals surface area contributed by atoms with Crippen LogP contribution >= 0.6 is 0 Å². The molecule has 1 rings (SSSR count). The van der Waals surface area contributed by atoms with Gasteiger partial charge >= 0.3 is 6.09 Å². The number of nitrogens with two attached hydrogens (primary N) is 1. The van der Waals surface area contributed by atoms with E-state index in [9.17, 15) is 9.59 Å². The lowest BCUT2D eigenvalue weighted by molar-refractivity contribution is -0.122. The molecule has 6 nitrogen and oxygen atoms in total. The number of rotatable bonds is 5. The molecule has 0 aromatic carbocycles. The third-order valence-electron chi connectivity index (χ3n) is 2.99. The van der Waals surface area contributed by atoms with Gasteiger partial charge in [-0.1, -0.05) is 0 Å². The summed E-state index contributed by atoms with van der Waals surface area (Å²) in [5.74, 6) is 0.0510. The fourth-order valence-corrected chi connectivity index (χ4v) is 1.98. The first kappa shape index (κ1) is 14.8. The zero-order chi connectivity index (χ0) is 13.4. The van der Waals surface area contributed by atoms with Gasteiger partial charge in [0.2, 0.25) is 5.91 Å². The highest BCUT2D eigenvalue weighted by atomic mass is 16.6. The van der Waals surface area contributed by atoms with Crippen LogP contribution in [0, 0.1) is 0 Å². The van der Waals surface area contributed by atoms with E-state index in [2.05, 4.69) is 5.32 Å². The highest BCUT2D eigenvalue weighted by Crippen LogP contribution is 2.11. The molecule has 2 amide bonds. The number of carbonyl (C=O) groups is 2. The Morgan fingerprint density at radius 1 is 1.39 bits per heavy atom. The summed E-state index contributed by atoms with van der Waals surface area (Å²) in [5.41, 5.74) is 5.35. The lowest BCUT2D eigenvalue weighted by Crippen LogP contribution is -2.46. The molecule has 0 unspecified atom stereocenters. The number of carbonyl (C=O) groups excluding carboxylic acids is 2. The standard InChI is InChI=1S/C12H23N3O3/c1-2-18-12(17)15-8-5-10(6-9-15)14-11(16)4-3-7-13/h10H,2-9,13H2,1H3,(H,14,16). The Balaban J connectivity index is 2.22. The number of hydrogen-bond acceptors (Lipinski definition) is 4. The van der Waals surface area contributed by atoms with E-state index in [1.54, 1.807) is 11.8 Å². The van der Waals surface area contributed by atoms with Crippen molar-refractivity contribution < 1.29 is 14.3 Å². The second-order valence-electron chi connectivity index (χ2n) is 4.42. The zero-order valence-electron chi connectivity index (χ0n) is 11.0. The van der Waals surface area contributed by atoms with Crippen LogP contribution in [0.25, 0.3) is 0 Å². The molecule has 1 aliphatic heterocycles.